The average Bonchev–Trinajstić information content (AvgIpc) is 3.00. The van der Waals surface area contributed by atoms with Crippen molar-refractivity contribution in [3.8, 4) is 11.4 Å². The van der Waals surface area contributed by atoms with E-state index in [4.69, 9.17) is 9.72 Å². The number of benzene rings is 1. The average molecular weight is 321 g/mol. The Kier molecular flexibility index (Phi) is 3.85. The van der Waals surface area contributed by atoms with Gasteiger partial charge < -0.3 is 9.30 Å². The SMILES string of the molecule is COCC1(Cn2ccnc2-c2c(C)ccc3ncccc23)CCC1. The number of rotatable bonds is 5. The van der Waals surface area contributed by atoms with Crippen LogP contribution < -0.4 is 0 Å². The third-order valence-corrected chi connectivity index (χ3v) is 5.30. The van der Waals surface area contributed by atoms with Crippen LogP contribution in [-0.2, 0) is 11.3 Å². The van der Waals surface area contributed by atoms with Gasteiger partial charge in [0.1, 0.15) is 5.82 Å². The Balaban J connectivity index is 1.79. The molecule has 1 fully saturated rings. The number of aromatic nitrogens is 3. The highest BCUT2D eigenvalue weighted by molar-refractivity contribution is 5.94. The number of aryl methyl sites for hydroxylation is 1. The second kappa shape index (κ2) is 6.02. The highest BCUT2D eigenvalue weighted by atomic mass is 16.5. The lowest BCUT2D eigenvalue weighted by molar-refractivity contribution is 0.00372. The molecule has 0 N–H and O–H groups in total. The van der Waals surface area contributed by atoms with Gasteiger partial charge in [0.25, 0.3) is 0 Å². The molecule has 1 aliphatic rings. The van der Waals surface area contributed by atoms with Crippen molar-refractivity contribution in [2.24, 2.45) is 5.41 Å². The Bertz CT molecular complexity index is 864. The predicted octanol–water partition coefficient (Wildman–Crippen LogP) is 4.22. The van der Waals surface area contributed by atoms with Crippen LogP contribution in [0.25, 0.3) is 22.3 Å². The molecule has 0 bridgehead atoms. The van der Waals surface area contributed by atoms with Crippen molar-refractivity contribution in [3.05, 3.63) is 48.4 Å². The monoisotopic (exact) mass is 321 g/mol. The van der Waals surface area contributed by atoms with Gasteiger partial charge in [-0.1, -0.05) is 18.6 Å². The Labute approximate surface area is 142 Å². The van der Waals surface area contributed by atoms with Crippen LogP contribution in [0.15, 0.2) is 42.9 Å². The first-order chi connectivity index (χ1) is 11.7. The molecule has 124 valence electrons. The zero-order chi connectivity index (χ0) is 16.6. The summed E-state index contributed by atoms with van der Waals surface area (Å²) in [5.41, 5.74) is 3.71. The summed E-state index contributed by atoms with van der Waals surface area (Å²) in [5, 5.41) is 1.17. The van der Waals surface area contributed by atoms with Crippen molar-refractivity contribution in [2.45, 2.75) is 32.7 Å². The lowest BCUT2D eigenvalue weighted by Crippen LogP contribution is -2.38. The summed E-state index contributed by atoms with van der Waals surface area (Å²) in [4.78, 5) is 9.19. The highest BCUT2D eigenvalue weighted by Gasteiger charge is 2.37. The Morgan fingerprint density at radius 2 is 2.04 bits per heavy atom. The summed E-state index contributed by atoms with van der Waals surface area (Å²) in [6.07, 6.45) is 9.60. The topological polar surface area (TPSA) is 39.9 Å². The minimum Gasteiger partial charge on any atom is -0.384 e. The summed E-state index contributed by atoms with van der Waals surface area (Å²) in [5.74, 6) is 1.04. The fourth-order valence-corrected chi connectivity index (χ4v) is 3.92. The van der Waals surface area contributed by atoms with Gasteiger partial charge in [0.15, 0.2) is 0 Å². The molecule has 1 aliphatic carbocycles. The molecule has 0 unspecified atom stereocenters. The summed E-state index contributed by atoms with van der Waals surface area (Å²) >= 11 is 0. The van der Waals surface area contributed by atoms with Crippen molar-refractivity contribution in [1.29, 1.82) is 0 Å². The smallest absolute Gasteiger partial charge is 0.140 e. The van der Waals surface area contributed by atoms with E-state index >= 15 is 0 Å². The maximum atomic E-state index is 5.49. The quantitative estimate of drug-likeness (QED) is 0.706. The molecule has 3 aromatic rings. The van der Waals surface area contributed by atoms with Gasteiger partial charge >= 0.3 is 0 Å². The summed E-state index contributed by atoms with van der Waals surface area (Å²) in [6, 6.07) is 8.35. The predicted molar refractivity (Wildman–Crippen MR) is 95.9 cm³/mol. The van der Waals surface area contributed by atoms with E-state index in [2.05, 4.69) is 40.9 Å². The number of hydrogen-bond donors (Lipinski definition) is 0. The number of imidazole rings is 1. The molecule has 1 aromatic carbocycles. The van der Waals surface area contributed by atoms with Crippen molar-refractivity contribution in [3.63, 3.8) is 0 Å². The van der Waals surface area contributed by atoms with Gasteiger partial charge in [0, 0.05) is 48.6 Å². The molecule has 4 heteroatoms. The molecule has 1 saturated carbocycles. The van der Waals surface area contributed by atoms with Gasteiger partial charge in [0.05, 0.1) is 12.1 Å². The first kappa shape index (κ1) is 15.3. The molecule has 4 rings (SSSR count). The van der Waals surface area contributed by atoms with Crippen LogP contribution in [0.1, 0.15) is 24.8 Å². The van der Waals surface area contributed by atoms with E-state index < -0.39 is 0 Å². The van der Waals surface area contributed by atoms with Crippen LogP contribution in [0.5, 0.6) is 0 Å². The lowest BCUT2D eigenvalue weighted by atomic mass is 9.69. The van der Waals surface area contributed by atoms with Crippen molar-refractivity contribution < 1.29 is 4.74 Å². The molecule has 0 radical (unpaired) electrons. The van der Waals surface area contributed by atoms with Gasteiger partial charge in [0.2, 0.25) is 0 Å². The fourth-order valence-electron chi connectivity index (χ4n) is 3.92. The van der Waals surface area contributed by atoms with Crippen LogP contribution in [0, 0.1) is 12.3 Å². The molecule has 4 nitrogen and oxygen atoms in total. The second-order valence-electron chi connectivity index (χ2n) is 6.99. The van der Waals surface area contributed by atoms with Gasteiger partial charge in [-0.2, -0.15) is 0 Å². The van der Waals surface area contributed by atoms with Crippen LogP contribution in [0.2, 0.25) is 0 Å². The number of nitrogens with zero attached hydrogens (tertiary/aromatic N) is 3. The van der Waals surface area contributed by atoms with Crippen LogP contribution in [0.4, 0.5) is 0 Å². The van der Waals surface area contributed by atoms with Crippen LogP contribution in [0.3, 0.4) is 0 Å². The van der Waals surface area contributed by atoms with Gasteiger partial charge in [-0.3, -0.25) is 4.98 Å². The number of fused-ring (bicyclic) bond motifs is 1. The molecule has 0 spiro atoms. The molecule has 24 heavy (non-hydrogen) atoms. The molecule has 0 aliphatic heterocycles. The molecule has 0 amide bonds. The van der Waals surface area contributed by atoms with E-state index in [0.717, 1.165) is 24.5 Å². The van der Waals surface area contributed by atoms with Crippen LogP contribution in [-0.4, -0.2) is 28.3 Å². The van der Waals surface area contributed by atoms with E-state index in [1.54, 1.807) is 7.11 Å². The summed E-state index contributed by atoms with van der Waals surface area (Å²) in [7, 11) is 1.80. The molecule has 2 heterocycles. The molecular weight excluding hydrogens is 298 g/mol. The van der Waals surface area contributed by atoms with E-state index in [0.29, 0.717) is 0 Å². The summed E-state index contributed by atoms with van der Waals surface area (Å²) < 4.78 is 7.79. The standard InChI is InChI=1S/C20H23N3O/c1-15-6-7-17-16(5-3-10-21-17)18(15)19-22-11-12-23(19)13-20(14-24-2)8-4-9-20/h3,5-7,10-12H,4,8-9,13-14H2,1-2H3. The highest BCUT2D eigenvalue weighted by Crippen LogP contribution is 2.43. The van der Waals surface area contributed by atoms with E-state index in [-0.39, 0.29) is 5.41 Å². The van der Waals surface area contributed by atoms with Gasteiger partial charge in [-0.25, -0.2) is 4.98 Å². The Hall–Kier alpha value is -2.20. The third kappa shape index (κ3) is 2.51. The summed E-state index contributed by atoms with van der Waals surface area (Å²) in [6.45, 7) is 3.93. The first-order valence-electron chi connectivity index (χ1n) is 8.57. The lowest BCUT2D eigenvalue weighted by Gasteiger charge is -2.41. The molecular formula is C20H23N3O. The minimum atomic E-state index is 0.265. The molecule has 0 saturated heterocycles. The Morgan fingerprint density at radius 3 is 2.79 bits per heavy atom. The normalized spacial score (nSPS) is 16.2. The van der Waals surface area contributed by atoms with Gasteiger partial charge in [-0.15, -0.1) is 0 Å². The number of hydrogen-bond acceptors (Lipinski definition) is 3. The maximum absolute atomic E-state index is 5.49. The van der Waals surface area contributed by atoms with E-state index in [1.807, 2.05) is 18.5 Å². The van der Waals surface area contributed by atoms with E-state index in [1.165, 1.54) is 35.8 Å². The number of methoxy groups -OCH3 is 1. The number of ether oxygens (including phenoxy) is 1. The van der Waals surface area contributed by atoms with Gasteiger partial charge in [-0.05, 0) is 37.5 Å². The van der Waals surface area contributed by atoms with Crippen molar-refractivity contribution in [1.82, 2.24) is 14.5 Å². The number of pyridine rings is 1. The molecule has 2 aromatic heterocycles. The van der Waals surface area contributed by atoms with Crippen LogP contribution >= 0.6 is 0 Å². The second-order valence-corrected chi connectivity index (χ2v) is 6.99. The van der Waals surface area contributed by atoms with E-state index in [9.17, 15) is 0 Å². The largest absolute Gasteiger partial charge is 0.384 e. The third-order valence-electron chi connectivity index (χ3n) is 5.30. The maximum Gasteiger partial charge on any atom is 0.140 e. The zero-order valence-corrected chi connectivity index (χ0v) is 14.3. The van der Waals surface area contributed by atoms with Crippen molar-refractivity contribution in [2.75, 3.05) is 13.7 Å². The minimum absolute atomic E-state index is 0.265. The first-order valence-corrected chi connectivity index (χ1v) is 8.57. The molecule has 0 atom stereocenters. The Morgan fingerprint density at radius 1 is 1.17 bits per heavy atom. The zero-order valence-electron chi connectivity index (χ0n) is 14.3. The van der Waals surface area contributed by atoms with Crippen molar-refractivity contribution >= 4 is 10.9 Å². The fraction of sp³-hybridized carbons (Fsp3) is 0.400.